The van der Waals surface area contributed by atoms with Gasteiger partial charge >= 0.3 is 0 Å². The van der Waals surface area contributed by atoms with E-state index in [1.54, 1.807) is 0 Å². The molecule has 35 heavy (non-hydrogen) atoms. The summed E-state index contributed by atoms with van der Waals surface area (Å²) in [6, 6.07) is 37.7. The molecule has 5 rings (SSSR count). The van der Waals surface area contributed by atoms with Crippen LogP contribution in [0, 0.1) is 11.3 Å². The van der Waals surface area contributed by atoms with Gasteiger partial charge in [-0.3, -0.25) is 0 Å². The molecule has 3 heteroatoms. The van der Waals surface area contributed by atoms with Crippen LogP contribution in [0.25, 0.3) is 10.8 Å². The van der Waals surface area contributed by atoms with E-state index in [4.69, 9.17) is 0 Å². The highest BCUT2D eigenvalue weighted by atomic mass is 16.3. The minimum atomic E-state index is -0.773. The number of benzene rings is 4. The molecule has 1 heterocycles. The first-order valence-corrected chi connectivity index (χ1v) is 12.6. The van der Waals surface area contributed by atoms with Crippen LogP contribution < -0.4 is 0 Å². The van der Waals surface area contributed by atoms with E-state index >= 15 is 0 Å². The monoisotopic (exact) mass is 460 g/mol. The predicted octanol–water partition coefficient (Wildman–Crippen LogP) is 6.41. The quantitative estimate of drug-likeness (QED) is 0.346. The standard InChI is InChI=1S/C32H32N2O/c33-25-31(28-12-3-1-4-13-28,29-14-5-2-6-15-29)18-9-21-34-22-19-32(35,20-23-34)30-17-16-26-10-7-8-11-27(26)24-30/h1-8,10-17,24,35H,9,18-23H2. The molecule has 0 bridgehead atoms. The first-order valence-electron chi connectivity index (χ1n) is 12.6. The Balaban J connectivity index is 1.25. The van der Waals surface area contributed by atoms with Gasteiger partial charge in [0.25, 0.3) is 0 Å². The Hall–Kier alpha value is -3.45. The summed E-state index contributed by atoms with van der Waals surface area (Å²) in [7, 11) is 0. The number of rotatable bonds is 7. The topological polar surface area (TPSA) is 47.3 Å². The van der Waals surface area contributed by atoms with Crippen molar-refractivity contribution < 1.29 is 5.11 Å². The zero-order chi connectivity index (χ0) is 24.1. The zero-order valence-corrected chi connectivity index (χ0v) is 20.1. The Morgan fingerprint density at radius 3 is 1.94 bits per heavy atom. The summed E-state index contributed by atoms with van der Waals surface area (Å²) in [5.74, 6) is 0. The maximum Gasteiger partial charge on any atom is 0.107 e. The second kappa shape index (κ2) is 10.0. The number of piperidine rings is 1. The lowest BCUT2D eigenvalue weighted by Gasteiger charge is -2.39. The van der Waals surface area contributed by atoms with E-state index in [2.05, 4.69) is 65.6 Å². The Kier molecular flexibility index (Phi) is 6.68. The molecule has 0 spiro atoms. The van der Waals surface area contributed by atoms with Crippen LogP contribution in [-0.2, 0) is 11.0 Å². The van der Waals surface area contributed by atoms with E-state index in [0.717, 1.165) is 62.0 Å². The smallest absolute Gasteiger partial charge is 0.107 e. The highest BCUT2D eigenvalue weighted by molar-refractivity contribution is 5.83. The number of nitrogens with zero attached hydrogens (tertiary/aromatic N) is 2. The number of hydrogen-bond acceptors (Lipinski definition) is 3. The minimum absolute atomic E-state index is 0.649. The molecule has 0 amide bonds. The number of hydrogen-bond donors (Lipinski definition) is 1. The Labute approximate surface area is 208 Å². The second-order valence-electron chi connectivity index (χ2n) is 9.79. The summed E-state index contributed by atoms with van der Waals surface area (Å²) < 4.78 is 0. The van der Waals surface area contributed by atoms with Crippen molar-refractivity contribution in [2.24, 2.45) is 0 Å². The fraction of sp³-hybridized carbons (Fsp3) is 0.281. The predicted molar refractivity (Wildman–Crippen MR) is 142 cm³/mol. The van der Waals surface area contributed by atoms with Crippen LogP contribution in [0.1, 0.15) is 42.4 Å². The van der Waals surface area contributed by atoms with Crippen LogP contribution in [0.2, 0.25) is 0 Å². The first kappa shape index (κ1) is 23.3. The number of likely N-dealkylation sites (tertiary alicyclic amines) is 1. The average Bonchev–Trinajstić information content (AvgIpc) is 2.93. The fourth-order valence-electron chi connectivity index (χ4n) is 5.57. The van der Waals surface area contributed by atoms with Crippen molar-refractivity contribution in [1.29, 1.82) is 5.26 Å². The van der Waals surface area contributed by atoms with Crippen LogP contribution in [-0.4, -0.2) is 29.6 Å². The Morgan fingerprint density at radius 1 is 0.771 bits per heavy atom. The maximum atomic E-state index is 11.4. The summed E-state index contributed by atoms with van der Waals surface area (Å²) in [6.07, 6.45) is 3.15. The van der Waals surface area contributed by atoms with Gasteiger partial charge in [0.05, 0.1) is 11.7 Å². The van der Waals surface area contributed by atoms with Gasteiger partial charge in [-0.2, -0.15) is 5.26 Å². The fourth-order valence-corrected chi connectivity index (χ4v) is 5.57. The summed E-state index contributed by atoms with van der Waals surface area (Å²) in [5.41, 5.74) is 1.71. The lowest BCUT2D eigenvalue weighted by Crippen LogP contribution is -2.43. The van der Waals surface area contributed by atoms with E-state index < -0.39 is 11.0 Å². The molecule has 0 unspecified atom stereocenters. The lowest BCUT2D eigenvalue weighted by molar-refractivity contribution is -0.0261. The average molecular weight is 461 g/mol. The van der Waals surface area contributed by atoms with E-state index in [1.165, 1.54) is 10.8 Å². The zero-order valence-electron chi connectivity index (χ0n) is 20.1. The largest absolute Gasteiger partial charge is 0.385 e. The van der Waals surface area contributed by atoms with Crippen molar-refractivity contribution in [3.63, 3.8) is 0 Å². The molecule has 1 fully saturated rings. The molecule has 0 aromatic heterocycles. The van der Waals surface area contributed by atoms with Gasteiger partial charge < -0.3 is 10.0 Å². The van der Waals surface area contributed by atoms with Crippen LogP contribution in [0.4, 0.5) is 0 Å². The molecule has 0 saturated carbocycles. The molecule has 4 aromatic carbocycles. The highest BCUT2D eigenvalue weighted by Gasteiger charge is 2.36. The van der Waals surface area contributed by atoms with E-state index in [1.807, 2.05) is 48.5 Å². The molecule has 1 aliphatic rings. The van der Waals surface area contributed by atoms with Gasteiger partial charge in [0.1, 0.15) is 5.41 Å². The van der Waals surface area contributed by atoms with Crippen molar-refractivity contribution in [2.45, 2.75) is 36.7 Å². The van der Waals surface area contributed by atoms with Gasteiger partial charge in [-0.25, -0.2) is 0 Å². The summed E-state index contributed by atoms with van der Waals surface area (Å²) in [5, 5.41) is 24.2. The van der Waals surface area contributed by atoms with Crippen LogP contribution >= 0.6 is 0 Å². The molecule has 0 atom stereocenters. The molecule has 1 saturated heterocycles. The van der Waals surface area contributed by atoms with Crippen molar-refractivity contribution >= 4 is 10.8 Å². The van der Waals surface area contributed by atoms with Gasteiger partial charge in [0.2, 0.25) is 0 Å². The molecule has 0 aliphatic carbocycles. The van der Waals surface area contributed by atoms with Crippen molar-refractivity contribution in [2.75, 3.05) is 19.6 Å². The molecule has 4 aromatic rings. The first-order chi connectivity index (χ1) is 17.1. The third kappa shape index (κ3) is 4.73. The van der Waals surface area contributed by atoms with Crippen molar-refractivity contribution in [1.82, 2.24) is 4.90 Å². The summed E-state index contributed by atoms with van der Waals surface area (Å²) >= 11 is 0. The molecule has 3 nitrogen and oxygen atoms in total. The van der Waals surface area contributed by atoms with E-state index in [9.17, 15) is 10.4 Å². The second-order valence-corrected chi connectivity index (χ2v) is 9.79. The Bertz CT molecular complexity index is 1260. The lowest BCUT2D eigenvalue weighted by atomic mass is 9.72. The van der Waals surface area contributed by atoms with Crippen LogP contribution in [0.3, 0.4) is 0 Å². The van der Waals surface area contributed by atoms with Gasteiger partial charge in [0.15, 0.2) is 0 Å². The number of fused-ring (bicyclic) bond motifs is 1. The highest BCUT2D eigenvalue weighted by Crippen LogP contribution is 2.38. The minimum Gasteiger partial charge on any atom is -0.385 e. The van der Waals surface area contributed by atoms with Gasteiger partial charge in [-0.05, 0) is 65.8 Å². The molecular weight excluding hydrogens is 428 g/mol. The summed E-state index contributed by atoms with van der Waals surface area (Å²) in [4.78, 5) is 2.44. The van der Waals surface area contributed by atoms with Gasteiger partial charge in [-0.1, -0.05) is 97.1 Å². The Morgan fingerprint density at radius 2 is 1.34 bits per heavy atom. The number of aliphatic hydroxyl groups is 1. The SMILES string of the molecule is N#CC(CCCN1CCC(O)(c2ccc3ccccc3c2)CC1)(c1ccccc1)c1ccccc1. The molecule has 0 radical (unpaired) electrons. The normalized spacial score (nSPS) is 16.1. The molecule has 176 valence electrons. The van der Waals surface area contributed by atoms with Crippen LogP contribution in [0.5, 0.6) is 0 Å². The van der Waals surface area contributed by atoms with Crippen molar-refractivity contribution in [3.8, 4) is 6.07 Å². The summed E-state index contributed by atoms with van der Waals surface area (Å²) in [6.45, 7) is 2.65. The van der Waals surface area contributed by atoms with E-state index in [0.29, 0.717) is 0 Å². The number of nitriles is 1. The van der Waals surface area contributed by atoms with Gasteiger partial charge in [-0.15, -0.1) is 0 Å². The maximum absolute atomic E-state index is 11.4. The molecule has 1 aliphatic heterocycles. The molecular formula is C32H32N2O. The van der Waals surface area contributed by atoms with E-state index in [-0.39, 0.29) is 0 Å². The molecule has 1 N–H and O–H groups in total. The van der Waals surface area contributed by atoms with Gasteiger partial charge in [0, 0.05) is 13.1 Å². The van der Waals surface area contributed by atoms with Crippen molar-refractivity contribution in [3.05, 3.63) is 120 Å². The third-order valence-electron chi connectivity index (χ3n) is 7.72. The third-order valence-corrected chi connectivity index (χ3v) is 7.72. The van der Waals surface area contributed by atoms with Crippen LogP contribution in [0.15, 0.2) is 103 Å².